The van der Waals surface area contributed by atoms with Gasteiger partial charge in [-0.3, -0.25) is 19.4 Å². The van der Waals surface area contributed by atoms with Gasteiger partial charge in [-0.1, -0.05) is 18.7 Å². The van der Waals surface area contributed by atoms with Gasteiger partial charge in [-0.25, -0.2) is 18.4 Å². The van der Waals surface area contributed by atoms with Crippen molar-refractivity contribution in [3.8, 4) is 0 Å². The molecule has 2 fully saturated rings. The number of hydrogen-bond acceptors (Lipinski definition) is 8. The van der Waals surface area contributed by atoms with Crippen molar-refractivity contribution in [3.63, 3.8) is 0 Å². The van der Waals surface area contributed by atoms with Gasteiger partial charge in [-0.15, -0.1) is 0 Å². The zero-order valence-electron chi connectivity index (χ0n) is 23.0. The molecule has 2 heterocycles. The number of hydrogen-bond donors (Lipinski definition) is 4. The van der Waals surface area contributed by atoms with Crippen LogP contribution in [0.1, 0.15) is 31.1 Å². The van der Waals surface area contributed by atoms with Crippen LogP contribution in [0, 0.1) is 11.6 Å². The summed E-state index contributed by atoms with van der Waals surface area (Å²) in [5, 5.41) is 23.4. The van der Waals surface area contributed by atoms with Gasteiger partial charge in [0.15, 0.2) is 0 Å². The maximum Gasteiger partial charge on any atom is 0.414 e. The Hall–Kier alpha value is -4.56. The number of amides is 4. The molecule has 2 aliphatic rings. The van der Waals surface area contributed by atoms with Gasteiger partial charge in [0.05, 0.1) is 44.2 Å². The molecular formula is C28H32F2N4O8. The number of anilines is 2. The van der Waals surface area contributed by atoms with E-state index in [1.807, 2.05) is 0 Å². The van der Waals surface area contributed by atoms with Crippen LogP contribution in [0.5, 0.6) is 0 Å². The van der Waals surface area contributed by atoms with Gasteiger partial charge in [0, 0.05) is 25.0 Å². The fourth-order valence-corrected chi connectivity index (χ4v) is 4.09. The standard InChI is InChI=1S/C14H17FN2O5.C14H15FN2O3/c1-8(19)16-5-10-6-17(14(21)22-10)9-2-3-11(12(15)4-9)13(20)7-18;1-3-10-4-5-11(6-13(10)15)17-8-12(20-14(17)19)7-16-9(2)18/h2-4,10,13,18,20H,5-7H2,1H3,(H,16,19);3-6,12H,1,7-8H2,2H3,(H,16,18)/t10-,13?;12-/m00/s1. The van der Waals surface area contributed by atoms with Crippen molar-refractivity contribution >= 4 is 41.5 Å². The van der Waals surface area contributed by atoms with E-state index in [4.69, 9.17) is 14.6 Å². The van der Waals surface area contributed by atoms with E-state index in [0.29, 0.717) is 11.3 Å². The number of nitrogens with zero attached hydrogens (tertiary/aromatic N) is 2. The summed E-state index contributed by atoms with van der Waals surface area (Å²) in [5.74, 6) is -1.60. The van der Waals surface area contributed by atoms with Crippen molar-refractivity contribution in [2.24, 2.45) is 0 Å². The summed E-state index contributed by atoms with van der Waals surface area (Å²) in [5.41, 5.74) is 1.02. The van der Waals surface area contributed by atoms with Crippen LogP contribution >= 0.6 is 0 Å². The quantitative estimate of drug-likeness (QED) is 0.346. The molecule has 4 N–H and O–H groups in total. The molecule has 4 rings (SSSR count). The first-order valence-electron chi connectivity index (χ1n) is 12.9. The second-order valence-electron chi connectivity index (χ2n) is 9.42. The highest BCUT2D eigenvalue weighted by Gasteiger charge is 2.34. The minimum absolute atomic E-state index is 0.0476. The van der Waals surface area contributed by atoms with Gasteiger partial charge in [0.25, 0.3) is 0 Å². The topological polar surface area (TPSA) is 158 Å². The van der Waals surface area contributed by atoms with Crippen LogP contribution in [0.3, 0.4) is 0 Å². The molecule has 0 bridgehead atoms. The Labute approximate surface area is 240 Å². The summed E-state index contributed by atoms with van der Waals surface area (Å²) >= 11 is 0. The monoisotopic (exact) mass is 590 g/mol. The van der Waals surface area contributed by atoms with E-state index in [1.165, 1.54) is 47.9 Å². The number of cyclic esters (lactones) is 2. The summed E-state index contributed by atoms with van der Waals surface area (Å²) in [6.45, 7) is 6.52. The van der Waals surface area contributed by atoms with E-state index in [9.17, 15) is 33.1 Å². The predicted molar refractivity (Wildman–Crippen MR) is 148 cm³/mol. The van der Waals surface area contributed by atoms with Gasteiger partial charge in [0.2, 0.25) is 11.8 Å². The lowest BCUT2D eigenvalue weighted by atomic mass is 10.1. The first-order valence-corrected chi connectivity index (χ1v) is 12.9. The number of rotatable bonds is 9. The molecule has 0 spiro atoms. The van der Waals surface area contributed by atoms with E-state index in [2.05, 4.69) is 17.2 Å². The number of halogens is 2. The number of aliphatic hydroxyl groups is 2. The SMILES string of the molecule is C=Cc1ccc(N2C[C@H](CNC(C)=O)OC2=O)cc1F.CC(=O)NC[C@H]1CN(c2ccc(C(O)CO)c(F)c2)C(=O)O1. The van der Waals surface area contributed by atoms with Gasteiger partial charge >= 0.3 is 12.2 Å². The number of nitrogens with one attached hydrogen (secondary N) is 2. The Kier molecular flexibility index (Phi) is 10.9. The fourth-order valence-electron chi connectivity index (χ4n) is 4.09. The number of aliphatic hydroxyl groups excluding tert-OH is 2. The first-order chi connectivity index (χ1) is 19.9. The first kappa shape index (κ1) is 32.0. The van der Waals surface area contributed by atoms with Crippen molar-refractivity contribution in [2.75, 3.05) is 42.6 Å². The number of carbonyl (C=O) groups excluding carboxylic acids is 4. The zero-order chi connectivity index (χ0) is 31.0. The average Bonchev–Trinajstić information content (AvgIpc) is 3.52. The number of ether oxygens (including phenoxy) is 2. The van der Waals surface area contributed by atoms with Crippen LogP contribution in [-0.2, 0) is 19.1 Å². The molecule has 12 nitrogen and oxygen atoms in total. The van der Waals surface area contributed by atoms with Crippen LogP contribution in [0.15, 0.2) is 43.0 Å². The molecular weight excluding hydrogens is 558 g/mol. The molecule has 1 unspecified atom stereocenters. The minimum atomic E-state index is -1.31. The van der Waals surface area contributed by atoms with E-state index in [0.717, 1.165) is 6.07 Å². The molecule has 3 atom stereocenters. The molecule has 14 heteroatoms. The molecule has 2 aliphatic heterocycles. The highest BCUT2D eigenvalue weighted by atomic mass is 19.1. The van der Waals surface area contributed by atoms with Crippen LogP contribution in [0.2, 0.25) is 0 Å². The highest BCUT2D eigenvalue weighted by Crippen LogP contribution is 2.27. The summed E-state index contributed by atoms with van der Waals surface area (Å²) in [6, 6.07) is 8.29. The maximum atomic E-state index is 13.9. The molecule has 2 aromatic rings. The Morgan fingerprint density at radius 2 is 1.43 bits per heavy atom. The summed E-state index contributed by atoms with van der Waals surface area (Å²) < 4.78 is 37.8. The Bertz CT molecular complexity index is 1340. The second kappa shape index (κ2) is 14.4. The fraction of sp³-hybridized carbons (Fsp3) is 0.357. The van der Waals surface area contributed by atoms with Crippen molar-refractivity contribution in [1.82, 2.24) is 10.6 Å². The molecule has 2 aromatic carbocycles. The molecule has 4 amide bonds. The summed E-state index contributed by atoms with van der Waals surface area (Å²) in [4.78, 5) is 47.8. The zero-order valence-corrected chi connectivity index (χ0v) is 23.0. The van der Waals surface area contributed by atoms with Crippen LogP contribution in [0.25, 0.3) is 6.08 Å². The number of benzene rings is 2. The molecule has 0 aromatic heterocycles. The van der Waals surface area contributed by atoms with Crippen LogP contribution in [-0.4, -0.2) is 79.2 Å². The Balaban J connectivity index is 0.000000231. The molecule has 226 valence electrons. The lowest BCUT2D eigenvalue weighted by Gasteiger charge is -2.15. The Morgan fingerprint density at radius 3 is 1.83 bits per heavy atom. The van der Waals surface area contributed by atoms with E-state index >= 15 is 0 Å². The van der Waals surface area contributed by atoms with E-state index in [1.54, 1.807) is 12.1 Å². The molecule has 0 radical (unpaired) electrons. The normalized spacial score (nSPS) is 18.4. The molecule has 42 heavy (non-hydrogen) atoms. The maximum absolute atomic E-state index is 13.9. The van der Waals surface area contributed by atoms with Gasteiger partial charge in [-0.2, -0.15) is 0 Å². The summed E-state index contributed by atoms with van der Waals surface area (Å²) in [7, 11) is 0. The molecule has 0 aliphatic carbocycles. The van der Waals surface area contributed by atoms with Crippen LogP contribution < -0.4 is 20.4 Å². The third kappa shape index (κ3) is 8.24. The van der Waals surface area contributed by atoms with E-state index in [-0.39, 0.29) is 49.2 Å². The second-order valence-corrected chi connectivity index (χ2v) is 9.42. The third-order valence-corrected chi connectivity index (χ3v) is 6.25. The van der Waals surface area contributed by atoms with E-state index < -0.39 is 48.7 Å². The Morgan fingerprint density at radius 1 is 0.952 bits per heavy atom. The minimum Gasteiger partial charge on any atom is -0.442 e. The average molecular weight is 591 g/mol. The van der Waals surface area contributed by atoms with Crippen molar-refractivity contribution in [3.05, 3.63) is 65.7 Å². The van der Waals surface area contributed by atoms with Crippen molar-refractivity contribution in [2.45, 2.75) is 32.2 Å². The third-order valence-electron chi connectivity index (χ3n) is 6.25. The van der Waals surface area contributed by atoms with Gasteiger partial charge in [-0.05, 0) is 30.3 Å². The molecule has 0 saturated carbocycles. The van der Waals surface area contributed by atoms with Gasteiger partial charge in [0.1, 0.15) is 29.9 Å². The lowest BCUT2D eigenvalue weighted by Crippen LogP contribution is -2.33. The highest BCUT2D eigenvalue weighted by molar-refractivity contribution is 5.90. The smallest absolute Gasteiger partial charge is 0.414 e. The number of carbonyl (C=O) groups is 4. The van der Waals surface area contributed by atoms with Crippen molar-refractivity contribution < 1.29 is 47.6 Å². The lowest BCUT2D eigenvalue weighted by molar-refractivity contribution is -0.120. The van der Waals surface area contributed by atoms with Crippen molar-refractivity contribution in [1.29, 1.82) is 0 Å². The van der Waals surface area contributed by atoms with Gasteiger partial charge < -0.3 is 30.3 Å². The predicted octanol–water partition coefficient (Wildman–Crippen LogP) is 2.24. The largest absolute Gasteiger partial charge is 0.442 e. The van der Waals surface area contributed by atoms with Crippen LogP contribution in [0.4, 0.5) is 29.7 Å². The molecule has 2 saturated heterocycles. The summed E-state index contributed by atoms with van der Waals surface area (Å²) in [6.07, 6.45) is -2.04.